The SMILES string of the molecule is CCCCNC(=O)CN1CCN(C)CCN(C)CCN(CC(=O)O)CC1. The molecule has 0 aromatic heterocycles. The molecule has 152 valence electrons. The molecule has 2 N–H and O–H groups in total. The fourth-order valence-corrected chi connectivity index (χ4v) is 2.87. The summed E-state index contributed by atoms with van der Waals surface area (Å²) in [5.41, 5.74) is 0. The highest BCUT2D eigenvalue weighted by Crippen LogP contribution is 1.99. The van der Waals surface area contributed by atoms with Gasteiger partial charge in [0.15, 0.2) is 0 Å². The molecule has 1 saturated heterocycles. The van der Waals surface area contributed by atoms with Crippen molar-refractivity contribution in [1.82, 2.24) is 24.9 Å². The second-order valence-electron chi connectivity index (χ2n) is 7.26. The van der Waals surface area contributed by atoms with Crippen molar-refractivity contribution in [3.05, 3.63) is 0 Å². The number of hydrogen-bond acceptors (Lipinski definition) is 6. The zero-order chi connectivity index (χ0) is 19.4. The molecule has 1 aliphatic heterocycles. The van der Waals surface area contributed by atoms with Gasteiger partial charge in [0, 0.05) is 58.9 Å². The number of aliphatic carboxylic acids is 1. The third-order valence-corrected chi connectivity index (χ3v) is 4.77. The summed E-state index contributed by atoms with van der Waals surface area (Å²) in [7, 11) is 4.18. The third-order valence-electron chi connectivity index (χ3n) is 4.77. The van der Waals surface area contributed by atoms with Crippen LogP contribution in [-0.2, 0) is 9.59 Å². The maximum absolute atomic E-state index is 12.2. The van der Waals surface area contributed by atoms with Crippen molar-refractivity contribution in [3.63, 3.8) is 0 Å². The van der Waals surface area contributed by atoms with E-state index in [1.165, 1.54) is 0 Å². The highest BCUT2D eigenvalue weighted by atomic mass is 16.4. The van der Waals surface area contributed by atoms with Crippen LogP contribution in [0.5, 0.6) is 0 Å². The number of nitrogens with zero attached hydrogens (tertiary/aromatic N) is 4. The molecule has 0 unspecified atom stereocenters. The number of carbonyl (C=O) groups is 2. The average molecular weight is 372 g/mol. The van der Waals surface area contributed by atoms with Crippen LogP contribution < -0.4 is 5.32 Å². The Labute approximate surface area is 158 Å². The van der Waals surface area contributed by atoms with Crippen LogP contribution in [0.3, 0.4) is 0 Å². The lowest BCUT2D eigenvalue weighted by Crippen LogP contribution is -2.47. The molecule has 0 saturated carbocycles. The second-order valence-corrected chi connectivity index (χ2v) is 7.26. The summed E-state index contributed by atoms with van der Waals surface area (Å²) >= 11 is 0. The number of likely N-dealkylation sites (N-methyl/N-ethyl adjacent to an activating group) is 2. The van der Waals surface area contributed by atoms with Gasteiger partial charge in [0.1, 0.15) is 0 Å². The topological polar surface area (TPSA) is 79.4 Å². The summed E-state index contributed by atoms with van der Waals surface area (Å²) in [6.07, 6.45) is 2.06. The molecule has 0 aromatic carbocycles. The Hall–Kier alpha value is -1.22. The van der Waals surface area contributed by atoms with Crippen molar-refractivity contribution in [2.24, 2.45) is 0 Å². The number of carboxylic acid groups (broad SMARTS) is 1. The molecule has 1 amide bonds. The molecule has 8 nitrogen and oxygen atoms in total. The van der Waals surface area contributed by atoms with Gasteiger partial charge in [-0.3, -0.25) is 19.4 Å². The van der Waals surface area contributed by atoms with Gasteiger partial charge in [0.25, 0.3) is 0 Å². The van der Waals surface area contributed by atoms with Crippen LogP contribution in [0.25, 0.3) is 0 Å². The lowest BCUT2D eigenvalue weighted by molar-refractivity contribution is -0.138. The normalized spacial score (nSPS) is 20.3. The Kier molecular flexibility index (Phi) is 11.4. The van der Waals surface area contributed by atoms with Gasteiger partial charge in [-0.05, 0) is 20.5 Å². The van der Waals surface area contributed by atoms with Crippen LogP contribution in [0.4, 0.5) is 0 Å². The number of carbonyl (C=O) groups excluding carboxylic acids is 1. The maximum atomic E-state index is 12.2. The highest BCUT2D eigenvalue weighted by molar-refractivity contribution is 5.77. The molecule has 1 rings (SSSR count). The lowest BCUT2D eigenvalue weighted by atomic mass is 10.3. The summed E-state index contributed by atoms with van der Waals surface area (Å²) in [4.78, 5) is 31.9. The Morgan fingerprint density at radius 3 is 1.81 bits per heavy atom. The number of unbranched alkanes of at least 4 members (excludes halogenated alkanes) is 1. The predicted molar refractivity (Wildman–Crippen MR) is 103 cm³/mol. The maximum Gasteiger partial charge on any atom is 0.317 e. The van der Waals surface area contributed by atoms with Gasteiger partial charge in [0.05, 0.1) is 13.1 Å². The van der Waals surface area contributed by atoms with Gasteiger partial charge >= 0.3 is 5.97 Å². The minimum absolute atomic E-state index is 0.0459. The number of nitrogens with one attached hydrogen (secondary N) is 1. The van der Waals surface area contributed by atoms with E-state index in [-0.39, 0.29) is 12.5 Å². The molecule has 8 heteroatoms. The average Bonchev–Trinajstić information content (AvgIpc) is 2.58. The van der Waals surface area contributed by atoms with Crippen LogP contribution in [0.2, 0.25) is 0 Å². The van der Waals surface area contributed by atoms with Gasteiger partial charge in [-0.2, -0.15) is 0 Å². The van der Waals surface area contributed by atoms with Crippen LogP contribution in [0.1, 0.15) is 19.8 Å². The van der Waals surface area contributed by atoms with Crippen molar-refractivity contribution in [2.75, 3.05) is 86.1 Å². The van der Waals surface area contributed by atoms with Gasteiger partial charge < -0.3 is 20.2 Å². The van der Waals surface area contributed by atoms with Crippen molar-refractivity contribution in [1.29, 1.82) is 0 Å². The number of rotatable bonds is 7. The minimum atomic E-state index is -0.802. The van der Waals surface area contributed by atoms with Crippen molar-refractivity contribution in [3.8, 4) is 0 Å². The lowest BCUT2D eigenvalue weighted by Gasteiger charge is -2.31. The summed E-state index contributed by atoms with van der Waals surface area (Å²) in [5.74, 6) is -0.749. The van der Waals surface area contributed by atoms with E-state index in [4.69, 9.17) is 5.11 Å². The van der Waals surface area contributed by atoms with E-state index in [0.29, 0.717) is 19.6 Å². The quantitative estimate of drug-likeness (QED) is 0.582. The summed E-state index contributed by atoms with van der Waals surface area (Å²) in [6, 6.07) is 0. The first-order valence-corrected chi connectivity index (χ1v) is 9.71. The fourth-order valence-electron chi connectivity index (χ4n) is 2.87. The van der Waals surface area contributed by atoms with E-state index in [9.17, 15) is 9.59 Å². The minimum Gasteiger partial charge on any atom is -0.480 e. The predicted octanol–water partition coefficient (Wildman–Crippen LogP) is -0.531. The fraction of sp³-hybridized carbons (Fsp3) is 0.889. The van der Waals surface area contributed by atoms with Crippen molar-refractivity contribution in [2.45, 2.75) is 19.8 Å². The summed E-state index contributed by atoms with van der Waals surface area (Å²) < 4.78 is 0. The smallest absolute Gasteiger partial charge is 0.317 e. The van der Waals surface area contributed by atoms with Gasteiger partial charge in [0.2, 0.25) is 5.91 Å². The van der Waals surface area contributed by atoms with Crippen LogP contribution in [-0.4, -0.2) is 123 Å². The zero-order valence-electron chi connectivity index (χ0n) is 16.7. The Morgan fingerprint density at radius 1 is 0.846 bits per heavy atom. The van der Waals surface area contributed by atoms with Crippen LogP contribution in [0.15, 0.2) is 0 Å². The number of amides is 1. The zero-order valence-corrected chi connectivity index (χ0v) is 16.7. The van der Waals surface area contributed by atoms with Gasteiger partial charge in [-0.25, -0.2) is 0 Å². The van der Waals surface area contributed by atoms with Crippen molar-refractivity contribution >= 4 is 11.9 Å². The molecule has 0 radical (unpaired) electrons. The molecule has 1 aliphatic rings. The van der Waals surface area contributed by atoms with E-state index in [1.807, 2.05) is 4.90 Å². The van der Waals surface area contributed by atoms with Crippen molar-refractivity contribution < 1.29 is 14.7 Å². The first kappa shape index (κ1) is 22.8. The monoisotopic (exact) mass is 371 g/mol. The molecule has 0 aromatic rings. The van der Waals surface area contributed by atoms with Crippen LogP contribution in [0, 0.1) is 0 Å². The first-order chi connectivity index (χ1) is 12.4. The van der Waals surface area contributed by atoms with Crippen LogP contribution >= 0.6 is 0 Å². The number of carboxylic acids is 1. The molecule has 1 heterocycles. The molecule has 1 fully saturated rings. The van der Waals surface area contributed by atoms with E-state index in [0.717, 1.165) is 58.7 Å². The summed E-state index contributed by atoms with van der Waals surface area (Å²) in [5, 5.41) is 12.1. The van der Waals surface area contributed by atoms with Gasteiger partial charge in [-0.1, -0.05) is 13.3 Å². The second kappa shape index (κ2) is 13.0. The first-order valence-electron chi connectivity index (χ1n) is 9.71. The van der Waals surface area contributed by atoms with Gasteiger partial charge in [-0.15, -0.1) is 0 Å². The molecule has 26 heavy (non-hydrogen) atoms. The number of hydrogen-bond donors (Lipinski definition) is 2. The Morgan fingerprint density at radius 2 is 1.31 bits per heavy atom. The van der Waals surface area contributed by atoms with E-state index in [2.05, 4.69) is 41.0 Å². The van der Waals surface area contributed by atoms with E-state index in [1.54, 1.807) is 0 Å². The molecule has 0 aliphatic carbocycles. The summed E-state index contributed by atoms with van der Waals surface area (Å²) in [6.45, 7) is 9.80. The molecule has 0 bridgehead atoms. The van der Waals surface area contributed by atoms with E-state index >= 15 is 0 Å². The molecule has 0 spiro atoms. The third kappa shape index (κ3) is 10.7. The molecule has 0 atom stereocenters. The molecular weight excluding hydrogens is 334 g/mol. The Balaban J connectivity index is 2.62. The standard InChI is InChI=1S/C18H37N5O3/c1-4-5-6-19-17(24)15-22-11-9-20(2)7-8-21(3)10-12-23(14-13-22)16-18(25)26/h4-16H2,1-3H3,(H,19,24)(H,25,26). The van der Waals surface area contributed by atoms with E-state index < -0.39 is 5.97 Å². The largest absolute Gasteiger partial charge is 0.480 e. The highest BCUT2D eigenvalue weighted by Gasteiger charge is 2.17. The molecular formula is C18H37N5O3. The Bertz CT molecular complexity index is 422.